The lowest BCUT2D eigenvalue weighted by atomic mass is 10.1. The van der Waals surface area contributed by atoms with Crippen LogP contribution in [0.3, 0.4) is 0 Å². The first-order valence-corrected chi connectivity index (χ1v) is 7.07. The minimum absolute atomic E-state index is 0.176. The molecule has 2 N–H and O–H groups in total. The lowest BCUT2D eigenvalue weighted by Gasteiger charge is -2.08. The van der Waals surface area contributed by atoms with Crippen LogP contribution in [-0.4, -0.2) is 22.2 Å². The highest BCUT2D eigenvalue weighted by molar-refractivity contribution is 7.99. The molecule has 0 aliphatic heterocycles. The van der Waals surface area contributed by atoms with E-state index >= 15 is 0 Å². The van der Waals surface area contributed by atoms with E-state index in [2.05, 4.69) is 0 Å². The van der Waals surface area contributed by atoms with Crippen molar-refractivity contribution in [3.63, 3.8) is 0 Å². The molecule has 22 heavy (non-hydrogen) atoms. The summed E-state index contributed by atoms with van der Waals surface area (Å²) in [5.41, 5.74) is 1.15. The highest BCUT2D eigenvalue weighted by Gasteiger charge is 2.10. The Morgan fingerprint density at radius 2 is 1.77 bits per heavy atom. The van der Waals surface area contributed by atoms with Gasteiger partial charge in [-0.15, -0.1) is 0 Å². The van der Waals surface area contributed by atoms with E-state index < -0.39 is 11.9 Å². The lowest BCUT2D eigenvalue weighted by molar-refractivity contribution is -0.136. The molecule has 2 aromatic carbocycles. The molecule has 0 saturated carbocycles. The minimum atomic E-state index is -0.999. The van der Waals surface area contributed by atoms with Crippen LogP contribution in [0.2, 0.25) is 0 Å². The number of aromatic carboxylic acids is 1. The van der Waals surface area contributed by atoms with Crippen LogP contribution in [0.5, 0.6) is 0 Å². The third-order valence-corrected chi connectivity index (χ3v) is 3.99. The lowest BCUT2D eigenvalue weighted by Crippen LogP contribution is -2.02. The third kappa shape index (κ3) is 3.87. The third-order valence-electron chi connectivity index (χ3n) is 2.86. The first kappa shape index (κ1) is 15.6. The Morgan fingerprint density at radius 1 is 1.09 bits per heavy atom. The van der Waals surface area contributed by atoms with Gasteiger partial charge in [0.2, 0.25) is 0 Å². The molecule has 0 radical (unpaired) electrons. The van der Waals surface area contributed by atoms with E-state index in [4.69, 9.17) is 15.5 Å². The van der Waals surface area contributed by atoms with Crippen LogP contribution in [0.4, 0.5) is 0 Å². The maximum absolute atomic E-state index is 10.9. The smallest absolute Gasteiger partial charge is 0.335 e. The van der Waals surface area contributed by atoms with Crippen LogP contribution in [0.25, 0.3) is 0 Å². The van der Waals surface area contributed by atoms with Gasteiger partial charge in [-0.2, -0.15) is 5.26 Å². The predicted octanol–water partition coefficient (Wildman–Crippen LogP) is 3.03. The molecule has 2 rings (SSSR count). The minimum Gasteiger partial charge on any atom is -0.481 e. The Labute approximate surface area is 130 Å². The van der Waals surface area contributed by atoms with Crippen molar-refractivity contribution in [3.05, 3.63) is 59.2 Å². The summed E-state index contributed by atoms with van der Waals surface area (Å²) in [5, 5.41) is 26.7. The van der Waals surface area contributed by atoms with Gasteiger partial charge in [0.15, 0.2) is 0 Å². The molecular formula is C16H11NO4S. The van der Waals surface area contributed by atoms with Gasteiger partial charge in [-0.25, -0.2) is 4.79 Å². The van der Waals surface area contributed by atoms with Gasteiger partial charge in [-0.1, -0.05) is 11.8 Å². The van der Waals surface area contributed by atoms with Gasteiger partial charge in [0.05, 0.1) is 23.6 Å². The van der Waals surface area contributed by atoms with E-state index in [9.17, 15) is 9.59 Å². The van der Waals surface area contributed by atoms with E-state index in [-0.39, 0.29) is 12.0 Å². The highest BCUT2D eigenvalue weighted by atomic mass is 32.2. The van der Waals surface area contributed by atoms with Crippen molar-refractivity contribution < 1.29 is 19.8 Å². The Balaban J connectivity index is 2.30. The molecule has 110 valence electrons. The Kier molecular flexibility index (Phi) is 4.81. The van der Waals surface area contributed by atoms with Gasteiger partial charge in [-0.05, 0) is 48.0 Å². The molecular weight excluding hydrogens is 302 g/mol. The molecule has 6 heteroatoms. The molecule has 0 unspecified atom stereocenters. The summed E-state index contributed by atoms with van der Waals surface area (Å²) in [7, 11) is 0. The van der Waals surface area contributed by atoms with Gasteiger partial charge in [0.1, 0.15) is 0 Å². The molecule has 0 saturated heterocycles. The standard InChI is InChI=1S/C16H11NO4S/c17-9-10-1-6-14(12(7-10)8-15(18)19)22-13-4-2-11(3-5-13)16(20)21/h1-7H,8H2,(H,18,19)(H,20,21). The molecule has 0 amide bonds. The molecule has 0 heterocycles. The summed E-state index contributed by atoms with van der Waals surface area (Å²) in [4.78, 5) is 23.3. The maximum Gasteiger partial charge on any atom is 0.335 e. The van der Waals surface area contributed by atoms with E-state index in [0.29, 0.717) is 11.1 Å². The number of aliphatic carboxylic acids is 1. The number of benzene rings is 2. The Morgan fingerprint density at radius 3 is 2.32 bits per heavy atom. The molecule has 0 fully saturated rings. The predicted molar refractivity (Wildman–Crippen MR) is 80.0 cm³/mol. The number of nitrogens with zero attached hydrogens (tertiary/aromatic N) is 1. The van der Waals surface area contributed by atoms with Gasteiger partial charge >= 0.3 is 11.9 Å². The largest absolute Gasteiger partial charge is 0.481 e. The van der Waals surface area contributed by atoms with Crippen molar-refractivity contribution in [2.75, 3.05) is 0 Å². The van der Waals surface area contributed by atoms with Crippen LogP contribution < -0.4 is 0 Å². The van der Waals surface area contributed by atoms with Crippen LogP contribution >= 0.6 is 11.8 Å². The van der Waals surface area contributed by atoms with Crippen molar-refractivity contribution in [2.45, 2.75) is 16.2 Å². The molecule has 0 spiro atoms. The molecule has 0 bridgehead atoms. The number of hydrogen-bond donors (Lipinski definition) is 2. The summed E-state index contributed by atoms with van der Waals surface area (Å²) in [6.45, 7) is 0. The normalized spacial score (nSPS) is 9.95. The van der Waals surface area contributed by atoms with Gasteiger partial charge in [0, 0.05) is 9.79 Å². The summed E-state index contributed by atoms with van der Waals surface area (Å²) in [6.07, 6.45) is -0.176. The fourth-order valence-electron chi connectivity index (χ4n) is 1.84. The Bertz CT molecular complexity index is 763. The maximum atomic E-state index is 10.9. The molecule has 5 nitrogen and oxygen atoms in total. The first-order valence-electron chi connectivity index (χ1n) is 6.25. The fraction of sp³-hybridized carbons (Fsp3) is 0.0625. The summed E-state index contributed by atoms with van der Waals surface area (Å²) in [6, 6.07) is 13.2. The van der Waals surface area contributed by atoms with E-state index in [0.717, 1.165) is 9.79 Å². The van der Waals surface area contributed by atoms with Crippen molar-refractivity contribution in [2.24, 2.45) is 0 Å². The molecule has 0 aliphatic carbocycles. The quantitative estimate of drug-likeness (QED) is 0.880. The van der Waals surface area contributed by atoms with Crippen molar-refractivity contribution in [3.8, 4) is 6.07 Å². The molecule has 0 atom stereocenters. The van der Waals surface area contributed by atoms with Crippen LogP contribution in [0.15, 0.2) is 52.3 Å². The highest BCUT2D eigenvalue weighted by Crippen LogP contribution is 2.31. The molecule has 2 aromatic rings. The first-order chi connectivity index (χ1) is 10.5. The topological polar surface area (TPSA) is 98.4 Å². The number of hydrogen-bond acceptors (Lipinski definition) is 4. The monoisotopic (exact) mass is 313 g/mol. The van der Waals surface area contributed by atoms with Crippen molar-refractivity contribution in [1.82, 2.24) is 0 Å². The second-order valence-electron chi connectivity index (χ2n) is 4.44. The fourth-order valence-corrected chi connectivity index (χ4v) is 2.77. The van der Waals surface area contributed by atoms with E-state index in [1.165, 1.54) is 23.9 Å². The second-order valence-corrected chi connectivity index (χ2v) is 5.55. The average molecular weight is 313 g/mol. The van der Waals surface area contributed by atoms with Crippen molar-refractivity contribution in [1.29, 1.82) is 5.26 Å². The van der Waals surface area contributed by atoms with Crippen LogP contribution in [-0.2, 0) is 11.2 Å². The van der Waals surface area contributed by atoms with Crippen molar-refractivity contribution >= 4 is 23.7 Å². The average Bonchev–Trinajstić information content (AvgIpc) is 2.49. The number of carboxylic acids is 2. The van der Waals surface area contributed by atoms with Gasteiger partial charge in [0.25, 0.3) is 0 Å². The molecule has 0 aromatic heterocycles. The number of carbonyl (C=O) groups is 2. The number of nitriles is 1. The number of carboxylic acid groups (broad SMARTS) is 2. The van der Waals surface area contributed by atoms with Crippen LogP contribution in [0, 0.1) is 11.3 Å². The summed E-state index contributed by atoms with van der Waals surface area (Å²) < 4.78 is 0. The van der Waals surface area contributed by atoms with E-state index in [1.807, 2.05) is 6.07 Å². The summed E-state index contributed by atoms with van der Waals surface area (Å²) in [5.74, 6) is -1.97. The Hall–Kier alpha value is -2.78. The van der Waals surface area contributed by atoms with Gasteiger partial charge in [-0.3, -0.25) is 4.79 Å². The van der Waals surface area contributed by atoms with Crippen LogP contribution in [0.1, 0.15) is 21.5 Å². The molecule has 0 aliphatic rings. The summed E-state index contributed by atoms with van der Waals surface area (Å²) >= 11 is 1.33. The number of rotatable bonds is 5. The zero-order valence-electron chi connectivity index (χ0n) is 11.3. The zero-order chi connectivity index (χ0) is 16.1. The SMILES string of the molecule is N#Cc1ccc(Sc2ccc(C(=O)O)cc2)c(CC(=O)O)c1. The second kappa shape index (κ2) is 6.78. The van der Waals surface area contributed by atoms with E-state index in [1.54, 1.807) is 30.3 Å². The zero-order valence-corrected chi connectivity index (χ0v) is 12.1. The van der Waals surface area contributed by atoms with Gasteiger partial charge < -0.3 is 10.2 Å².